The fourth-order valence-corrected chi connectivity index (χ4v) is 2.43. The van der Waals surface area contributed by atoms with Gasteiger partial charge in [-0.1, -0.05) is 6.92 Å². The van der Waals surface area contributed by atoms with Crippen molar-refractivity contribution in [3.8, 4) is 0 Å². The van der Waals surface area contributed by atoms with Crippen LogP contribution in [0.3, 0.4) is 0 Å². The minimum absolute atomic E-state index is 0.0935. The van der Waals surface area contributed by atoms with Crippen LogP contribution in [0.5, 0.6) is 0 Å². The largest absolute Gasteiger partial charge is 0.469 e. The molecule has 23 heavy (non-hydrogen) atoms. The molecule has 0 aromatic carbocycles. The predicted octanol–water partition coefficient (Wildman–Crippen LogP) is 0.786. The molecule has 1 rings (SSSR count). The highest BCUT2D eigenvalue weighted by molar-refractivity contribution is 7.46. The summed E-state index contributed by atoms with van der Waals surface area (Å²) in [6.45, 7) is 1.55. The molecule has 0 bridgehead atoms. The third-order valence-corrected chi connectivity index (χ3v) is 3.42. The SMILES string of the molecule is CF.CNC(=O)N(/C=C\C=O)C1OC(COP(=O)(O)O)CC1C. The molecule has 1 saturated heterocycles. The van der Waals surface area contributed by atoms with E-state index in [2.05, 4.69) is 9.84 Å². The molecule has 134 valence electrons. The van der Waals surface area contributed by atoms with E-state index in [1.165, 1.54) is 18.1 Å². The van der Waals surface area contributed by atoms with Crippen LogP contribution in [0.1, 0.15) is 13.3 Å². The van der Waals surface area contributed by atoms with Gasteiger partial charge in [0.15, 0.2) is 0 Å². The molecule has 1 fully saturated rings. The van der Waals surface area contributed by atoms with Gasteiger partial charge in [0.05, 0.1) is 19.9 Å². The lowest BCUT2D eigenvalue weighted by Gasteiger charge is -2.27. The molecule has 2 amide bonds. The van der Waals surface area contributed by atoms with Gasteiger partial charge in [-0.3, -0.25) is 18.6 Å². The first-order chi connectivity index (χ1) is 10.8. The minimum atomic E-state index is -4.56. The molecule has 0 radical (unpaired) electrons. The van der Waals surface area contributed by atoms with Crippen LogP contribution in [0.4, 0.5) is 9.18 Å². The van der Waals surface area contributed by atoms with Crippen molar-refractivity contribution in [1.82, 2.24) is 10.2 Å². The number of carbonyl (C=O) groups is 2. The predicted molar refractivity (Wildman–Crippen MR) is 79.0 cm³/mol. The molecule has 1 aliphatic heterocycles. The number of urea groups is 1. The van der Waals surface area contributed by atoms with Crippen molar-refractivity contribution in [2.45, 2.75) is 25.7 Å². The maximum absolute atomic E-state index is 11.8. The van der Waals surface area contributed by atoms with Crippen LogP contribution >= 0.6 is 7.82 Å². The van der Waals surface area contributed by atoms with Gasteiger partial charge in [-0.05, 0) is 12.5 Å². The van der Waals surface area contributed by atoms with E-state index in [0.29, 0.717) is 19.9 Å². The topological polar surface area (TPSA) is 125 Å². The number of nitrogens with zero attached hydrogens (tertiary/aromatic N) is 1. The summed E-state index contributed by atoms with van der Waals surface area (Å²) in [5.41, 5.74) is 0. The Bertz CT molecular complexity index is 457. The summed E-state index contributed by atoms with van der Waals surface area (Å²) in [7, 11) is -2.61. The first-order valence-corrected chi connectivity index (χ1v) is 8.17. The molecule has 3 N–H and O–H groups in total. The highest BCUT2D eigenvalue weighted by Crippen LogP contribution is 2.38. The summed E-state index contributed by atoms with van der Waals surface area (Å²) in [6, 6.07) is -0.457. The van der Waals surface area contributed by atoms with E-state index in [1.807, 2.05) is 6.92 Å². The Morgan fingerprint density at radius 2 is 2.13 bits per heavy atom. The Balaban J connectivity index is 0.00000232. The standard InChI is InChI=1S/C11H19N2O7P.CH3F/c1-8-6-9(7-19-21(16,17)18)20-10(8)13(4-3-5-14)11(15)12-2;1-2/h3-5,8-10H,6-7H2,1-2H3,(H,12,15)(H2,16,17,18);1H3/b4-3-;. The van der Waals surface area contributed by atoms with Crippen molar-refractivity contribution in [2.75, 3.05) is 20.8 Å². The summed E-state index contributed by atoms with van der Waals surface area (Å²) in [4.78, 5) is 40.7. The summed E-state index contributed by atoms with van der Waals surface area (Å²) in [5.74, 6) is -0.0935. The zero-order chi connectivity index (χ0) is 18.0. The number of allylic oxidation sites excluding steroid dienone is 1. The van der Waals surface area contributed by atoms with Crippen LogP contribution < -0.4 is 5.32 Å². The van der Waals surface area contributed by atoms with E-state index in [-0.39, 0.29) is 12.5 Å². The van der Waals surface area contributed by atoms with Gasteiger partial charge in [0.2, 0.25) is 0 Å². The summed E-state index contributed by atoms with van der Waals surface area (Å²) in [6.07, 6.45) is 2.25. The maximum atomic E-state index is 11.8. The van der Waals surface area contributed by atoms with Crippen molar-refractivity contribution < 1.29 is 37.6 Å². The number of phosphoric acid groups is 1. The number of aldehydes is 1. The molecular formula is C12H22FN2O7P. The third-order valence-electron chi connectivity index (χ3n) is 2.93. The smallest absolute Gasteiger partial charge is 0.352 e. The molecule has 0 saturated carbocycles. The molecule has 1 heterocycles. The number of rotatable bonds is 6. The van der Waals surface area contributed by atoms with Gasteiger partial charge in [0, 0.05) is 19.2 Å². The van der Waals surface area contributed by atoms with E-state index in [4.69, 9.17) is 14.5 Å². The van der Waals surface area contributed by atoms with Crippen LogP contribution in [0.15, 0.2) is 12.3 Å². The Labute approximate surface area is 133 Å². The van der Waals surface area contributed by atoms with Crippen LogP contribution in [0.2, 0.25) is 0 Å². The number of hydrogen-bond donors (Lipinski definition) is 3. The van der Waals surface area contributed by atoms with E-state index < -0.39 is 26.2 Å². The fraction of sp³-hybridized carbons (Fsp3) is 0.667. The van der Waals surface area contributed by atoms with Crippen LogP contribution in [0.25, 0.3) is 0 Å². The van der Waals surface area contributed by atoms with Crippen molar-refractivity contribution in [3.63, 3.8) is 0 Å². The molecule has 11 heteroatoms. The fourth-order valence-electron chi connectivity index (χ4n) is 2.07. The Morgan fingerprint density at radius 3 is 2.61 bits per heavy atom. The summed E-state index contributed by atoms with van der Waals surface area (Å²) >= 11 is 0. The maximum Gasteiger partial charge on any atom is 0.469 e. The number of alkyl halides is 1. The number of carbonyl (C=O) groups excluding carboxylic acids is 2. The van der Waals surface area contributed by atoms with Crippen molar-refractivity contribution in [3.05, 3.63) is 12.3 Å². The van der Waals surface area contributed by atoms with Crippen molar-refractivity contribution in [2.24, 2.45) is 5.92 Å². The quantitative estimate of drug-likeness (QED) is 0.365. The average Bonchev–Trinajstić information content (AvgIpc) is 2.88. The number of amides is 2. The molecule has 0 aromatic rings. The summed E-state index contributed by atoms with van der Waals surface area (Å²) in [5, 5.41) is 2.43. The normalized spacial score (nSPS) is 24.0. The monoisotopic (exact) mass is 356 g/mol. The second-order valence-electron chi connectivity index (χ2n) is 4.59. The van der Waals surface area contributed by atoms with Gasteiger partial charge in [-0.25, -0.2) is 9.36 Å². The summed E-state index contributed by atoms with van der Waals surface area (Å²) < 4.78 is 30.2. The molecule has 1 aliphatic rings. The molecule has 0 aromatic heterocycles. The lowest BCUT2D eigenvalue weighted by molar-refractivity contribution is -0.104. The van der Waals surface area contributed by atoms with E-state index in [0.717, 1.165) is 6.08 Å². The van der Waals surface area contributed by atoms with Crippen LogP contribution in [0, 0.1) is 5.92 Å². The number of phosphoric ester groups is 1. The highest BCUT2D eigenvalue weighted by atomic mass is 31.2. The lowest BCUT2D eigenvalue weighted by Crippen LogP contribution is -2.44. The highest BCUT2D eigenvalue weighted by Gasteiger charge is 2.38. The molecular weight excluding hydrogens is 334 g/mol. The average molecular weight is 356 g/mol. The van der Waals surface area contributed by atoms with Gasteiger partial charge in [0.1, 0.15) is 12.5 Å². The molecule has 9 nitrogen and oxygen atoms in total. The van der Waals surface area contributed by atoms with Gasteiger partial charge in [-0.2, -0.15) is 0 Å². The number of nitrogens with one attached hydrogen (secondary N) is 1. The van der Waals surface area contributed by atoms with Crippen molar-refractivity contribution in [1.29, 1.82) is 0 Å². The van der Waals surface area contributed by atoms with E-state index in [1.54, 1.807) is 0 Å². The Kier molecular flexibility index (Phi) is 9.85. The van der Waals surface area contributed by atoms with E-state index >= 15 is 0 Å². The van der Waals surface area contributed by atoms with Gasteiger partial charge in [0.25, 0.3) is 0 Å². The zero-order valence-corrected chi connectivity index (χ0v) is 14.0. The van der Waals surface area contributed by atoms with Crippen LogP contribution in [-0.4, -0.2) is 60.2 Å². The lowest BCUT2D eigenvalue weighted by atomic mass is 10.1. The Morgan fingerprint density at radius 1 is 1.52 bits per heavy atom. The van der Waals surface area contributed by atoms with Gasteiger partial charge in [-0.15, -0.1) is 0 Å². The number of ether oxygens (including phenoxy) is 1. The second kappa shape index (κ2) is 10.5. The van der Waals surface area contributed by atoms with Gasteiger partial charge < -0.3 is 19.8 Å². The molecule has 0 spiro atoms. The number of halogens is 1. The first-order valence-electron chi connectivity index (χ1n) is 6.64. The van der Waals surface area contributed by atoms with Crippen molar-refractivity contribution >= 4 is 20.1 Å². The van der Waals surface area contributed by atoms with E-state index in [9.17, 15) is 18.5 Å². The Hall–Kier alpha value is -1.32. The molecule has 3 atom stereocenters. The molecule has 0 aliphatic carbocycles. The zero-order valence-electron chi connectivity index (χ0n) is 13.1. The number of hydrogen-bond acceptors (Lipinski definition) is 5. The van der Waals surface area contributed by atoms with Crippen LogP contribution in [-0.2, 0) is 18.6 Å². The molecule has 3 unspecified atom stereocenters. The minimum Gasteiger partial charge on any atom is -0.352 e. The first kappa shape index (κ1) is 21.7. The third kappa shape index (κ3) is 7.67. The van der Waals surface area contributed by atoms with Gasteiger partial charge >= 0.3 is 13.9 Å². The second-order valence-corrected chi connectivity index (χ2v) is 5.83.